The molecule has 0 spiro atoms. The molecule has 1 N–H and O–H groups in total. The zero-order valence-corrected chi connectivity index (χ0v) is 9.65. The second kappa shape index (κ2) is 5.01. The minimum atomic E-state index is -1.05. The molecule has 17 heavy (non-hydrogen) atoms. The van der Waals surface area contributed by atoms with Crippen LogP contribution in [-0.2, 0) is 6.42 Å². The number of hydrogen-bond acceptors (Lipinski definition) is 3. The van der Waals surface area contributed by atoms with Crippen molar-refractivity contribution in [3.05, 3.63) is 41.7 Å². The van der Waals surface area contributed by atoms with Crippen molar-refractivity contribution in [3.63, 3.8) is 0 Å². The summed E-state index contributed by atoms with van der Waals surface area (Å²) in [4.78, 5) is 10.9. The third-order valence-electron chi connectivity index (χ3n) is 2.41. The van der Waals surface area contributed by atoms with E-state index in [9.17, 15) is 4.79 Å². The van der Waals surface area contributed by atoms with E-state index in [4.69, 9.17) is 16.7 Å². The van der Waals surface area contributed by atoms with Crippen molar-refractivity contribution >= 4 is 17.6 Å². The molecule has 0 bridgehead atoms. The first-order valence-electron chi connectivity index (χ1n) is 5.05. The topological polar surface area (TPSA) is 63.3 Å². The predicted molar refractivity (Wildman–Crippen MR) is 63.3 cm³/mol. The Labute approximate surface area is 103 Å². The molecule has 0 fully saturated rings. The highest BCUT2D eigenvalue weighted by Gasteiger charge is 2.15. The lowest BCUT2D eigenvalue weighted by Crippen LogP contribution is -1.96. The smallest absolute Gasteiger partial charge is 0.341 e. The van der Waals surface area contributed by atoms with E-state index < -0.39 is 5.97 Å². The van der Waals surface area contributed by atoms with E-state index in [1.807, 2.05) is 24.3 Å². The summed E-state index contributed by atoms with van der Waals surface area (Å²) in [5, 5.41) is 12.6. The number of alkyl halides is 1. The van der Waals surface area contributed by atoms with Crippen LogP contribution in [0.3, 0.4) is 0 Å². The monoisotopic (exact) mass is 251 g/mol. The van der Waals surface area contributed by atoms with Crippen molar-refractivity contribution in [2.45, 2.75) is 6.42 Å². The number of aromatic nitrogens is 1. The van der Waals surface area contributed by atoms with Gasteiger partial charge in [0.1, 0.15) is 17.5 Å². The van der Waals surface area contributed by atoms with Crippen molar-refractivity contribution in [3.8, 4) is 11.3 Å². The molecular weight excluding hydrogens is 242 g/mol. The molecular formula is C12H10ClNO3. The summed E-state index contributed by atoms with van der Waals surface area (Å²) >= 11 is 5.64. The van der Waals surface area contributed by atoms with Gasteiger partial charge in [-0.15, -0.1) is 11.6 Å². The van der Waals surface area contributed by atoms with Gasteiger partial charge in [-0.1, -0.05) is 29.4 Å². The van der Waals surface area contributed by atoms with Crippen LogP contribution in [0.15, 0.2) is 35.1 Å². The van der Waals surface area contributed by atoms with Crippen LogP contribution >= 0.6 is 11.6 Å². The number of aryl methyl sites for hydroxylation is 1. The van der Waals surface area contributed by atoms with Crippen LogP contribution in [-0.4, -0.2) is 22.1 Å². The van der Waals surface area contributed by atoms with Gasteiger partial charge < -0.3 is 9.63 Å². The Hall–Kier alpha value is -1.81. The van der Waals surface area contributed by atoms with E-state index in [1.165, 1.54) is 0 Å². The van der Waals surface area contributed by atoms with Gasteiger partial charge in [0.2, 0.25) is 0 Å². The maximum absolute atomic E-state index is 10.9. The molecule has 0 atom stereocenters. The summed E-state index contributed by atoms with van der Waals surface area (Å²) < 4.78 is 4.69. The molecule has 0 aliphatic rings. The highest BCUT2D eigenvalue weighted by Crippen LogP contribution is 2.22. The molecule has 1 aromatic carbocycles. The molecule has 0 saturated carbocycles. The first-order valence-corrected chi connectivity index (χ1v) is 5.58. The van der Waals surface area contributed by atoms with Gasteiger partial charge in [0.25, 0.3) is 0 Å². The first kappa shape index (κ1) is 11.7. The van der Waals surface area contributed by atoms with Crippen LogP contribution in [0, 0.1) is 0 Å². The average Bonchev–Trinajstić information content (AvgIpc) is 2.79. The Morgan fingerprint density at radius 2 is 2.06 bits per heavy atom. The van der Waals surface area contributed by atoms with Gasteiger partial charge in [-0.3, -0.25) is 0 Å². The van der Waals surface area contributed by atoms with Crippen LogP contribution in [0.1, 0.15) is 15.9 Å². The third-order valence-corrected chi connectivity index (χ3v) is 2.60. The molecule has 0 aliphatic carbocycles. The summed E-state index contributed by atoms with van der Waals surface area (Å²) in [6.45, 7) is 0. The van der Waals surface area contributed by atoms with Crippen molar-refractivity contribution in [2.75, 3.05) is 5.88 Å². The van der Waals surface area contributed by atoms with Crippen LogP contribution < -0.4 is 0 Å². The molecule has 0 radical (unpaired) electrons. The highest BCUT2D eigenvalue weighted by atomic mass is 35.5. The van der Waals surface area contributed by atoms with Crippen LogP contribution in [0.4, 0.5) is 0 Å². The molecule has 0 aliphatic heterocycles. The Bertz CT molecular complexity index is 519. The molecule has 4 nitrogen and oxygen atoms in total. The largest absolute Gasteiger partial charge is 0.477 e. The SMILES string of the molecule is O=C(O)c1conc1-c1ccc(CCCl)cc1. The van der Waals surface area contributed by atoms with Gasteiger partial charge in [-0.2, -0.15) is 0 Å². The number of hydrogen-bond donors (Lipinski definition) is 1. The number of carboxylic acid groups (broad SMARTS) is 1. The number of rotatable bonds is 4. The van der Waals surface area contributed by atoms with E-state index in [-0.39, 0.29) is 5.56 Å². The van der Waals surface area contributed by atoms with Crippen LogP contribution in [0.5, 0.6) is 0 Å². The number of nitrogens with zero attached hydrogens (tertiary/aromatic N) is 1. The lowest BCUT2D eigenvalue weighted by atomic mass is 10.1. The molecule has 0 amide bonds. The fourth-order valence-electron chi connectivity index (χ4n) is 1.54. The van der Waals surface area contributed by atoms with E-state index in [1.54, 1.807) is 0 Å². The Morgan fingerprint density at radius 3 is 2.65 bits per heavy atom. The lowest BCUT2D eigenvalue weighted by molar-refractivity contribution is 0.0697. The quantitative estimate of drug-likeness (QED) is 0.849. The maximum atomic E-state index is 10.9. The van der Waals surface area contributed by atoms with E-state index in [2.05, 4.69) is 9.68 Å². The number of benzene rings is 1. The number of aromatic carboxylic acids is 1. The van der Waals surface area contributed by atoms with Crippen molar-refractivity contribution in [1.29, 1.82) is 0 Å². The standard InChI is InChI=1S/C12H10ClNO3/c13-6-5-8-1-3-9(4-2-8)11-10(12(15)16)7-17-14-11/h1-4,7H,5-6H2,(H,15,16). The van der Waals surface area contributed by atoms with E-state index in [0.29, 0.717) is 11.6 Å². The highest BCUT2D eigenvalue weighted by molar-refractivity contribution is 6.17. The molecule has 0 unspecified atom stereocenters. The van der Waals surface area contributed by atoms with Gasteiger partial charge >= 0.3 is 5.97 Å². The average molecular weight is 252 g/mol. The minimum absolute atomic E-state index is 0.0649. The summed E-state index contributed by atoms with van der Waals surface area (Å²) in [6, 6.07) is 7.42. The van der Waals surface area contributed by atoms with Crippen molar-refractivity contribution < 1.29 is 14.4 Å². The van der Waals surface area contributed by atoms with Crippen molar-refractivity contribution in [2.24, 2.45) is 0 Å². The Morgan fingerprint density at radius 1 is 1.35 bits per heavy atom. The second-order valence-electron chi connectivity index (χ2n) is 3.52. The van der Waals surface area contributed by atoms with Crippen LogP contribution in [0.2, 0.25) is 0 Å². The molecule has 88 valence electrons. The predicted octanol–water partition coefficient (Wildman–Crippen LogP) is 2.82. The van der Waals surface area contributed by atoms with Crippen LogP contribution in [0.25, 0.3) is 11.3 Å². The third kappa shape index (κ3) is 2.47. The number of carbonyl (C=O) groups is 1. The molecule has 1 aromatic heterocycles. The molecule has 2 aromatic rings. The second-order valence-corrected chi connectivity index (χ2v) is 3.90. The normalized spacial score (nSPS) is 10.4. The van der Waals surface area contributed by atoms with Gasteiger partial charge in [0, 0.05) is 11.4 Å². The summed E-state index contributed by atoms with van der Waals surface area (Å²) in [6.07, 6.45) is 1.91. The van der Waals surface area contributed by atoms with E-state index >= 15 is 0 Å². The fraction of sp³-hybridized carbons (Fsp3) is 0.167. The molecule has 1 heterocycles. The maximum Gasteiger partial charge on any atom is 0.341 e. The lowest BCUT2D eigenvalue weighted by Gasteiger charge is -2.00. The first-order chi connectivity index (χ1) is 8.22. The van der Waals surface area contributed by atoms with Crippen molar-refractivity contribution in [1.82, 2.24) is 5.16 Å². The zero-order chi connectivity index (χ0) is 12.3. The Balaban J connectivity index is 2.33. The molecule has 0 saturated heterocycles. The van der Waals surface area contributed by atoms with Gasteiger partial charge in [0.15, 0.2) is 0 Å². The number of halogens is 1. The fourth-order valence-corrected chi connectivity index (χ4v) is 1.75. The molecule has 2 rings (SSSR count). The van der Waals surface area contributed by atoms with Gasteiger partial charge in [-0.05, 0) is 12.0 Å². The Kier molecular flexibility index (Phi) is 3.44. The summed E-state index contributed by atoms with van der Waals surface area (Å²) in [7, 11) is 0. The molecule has 5 heteroatoms. The number of carboxylic acids is 1. The minimum Gasteiger partial charge on any atom is -0.477 e. The summed E-state index contributed by atoms with van der Waals surface area (Å²) in [5.41, 5.74) is 2.23. The zero-order valence-electron chi connectivity index (χ0n) is 8.89. The summed E-state index contributed by atoms with van der Waals surface area (Å²) in [5.74, 6) is -0.491. The van der Waals surface area contributed by atoms with Gasteiger partial charge in [-0.25, -0.2) is 4.79 Å². The van der Waals surface area contributed by atoms with E-state index in [0.717, 1.165) is 23.8 Å². The van der Waals surface area contributed by atoms with Gasteiger partial charge in [0.05, 0.1) is 0 Å².